The molecule has 0 aliphatic heterocycles. The average molecular weight is 507 g/mol. The van der Waals surface area contributed by atoms with Gasteiger partial charge in [0.05, 0.1) is 5.01 Å². The van der Waals surface area contributed by atoms with E-state index in [1.54, 1.807) is 30.3 Å². The molecule has 6 nitrogen and oxygen atoms in total. The number of rotatable bonds is 6. The molecule has 1 aliphatic carbocycles. The molecule has 1 heterocycles. The number of aromatic nitrogens is 1. The highest BCUT2D eigenvalue weighted by Crippen LogP contribution is 2.24. The zero-order valence-electron chi connectivity index (χ0n) is 17.1. The van der Waals surface area contributed by atoms with Crippen LogP contribution >= 0.6 is 35.3 Å². The van der Waals surface area contributed by atoms with Crippen molar-refractivity contribution in [1.82, 2.24) is 20.5 Å². The van der Waals surface area contributed by atoms with Crippen molar-refractivity contribution in [2.45, 2.75) is 58.4 Å². The summed E-state index contributed by atoms with van der Waals surface area (Å²) in [7, 11) is 3.52. The number of aliphatic imine (C=N–C) groups is 1. The maximum atomic E-state index is 11.9. The Morgan fingerprint density at radius 3 is 2.70 bits per heavy atom. The lowest BCUT2D eigenvalue weighted by molar-refractivity contribution is -0.127. The van der Waals surface area contributed by atoms with E-state index in [-0.39, 0.29) is 36.4 Å². The van der Waals surface area contributed by atoms with Crippen LogP contribution in [-0.2, 0) is 4.79 Å². The number of thiazole rings is 1. The molecule has 3 atom stereocenters. The minimum atomic E-state index is 0. The largest absolute Gasteiger partial charge is 0.356 e. The first-order valence-corrected chi connectivity index (χ1v) is 10.4. The smallest absolute Gasteiger partial charge is 0.243 e. The third kappa shape index (κ3) is 7.93. The van der Waals surface area contributed by atoms with Gasteiger partial charge in [-0.1, -0.05) is 26.7 Å². The lowest BCUT2D eigenvalue weighted by Crippen LogP contribution is -2.48. The van der Waals surface area contributed by atoms with Crippen LogP contribution in [0, 0.1) is 12.8 Å². The van der Waals surface area contributed by atoms with E-state index in [0.29, 0.717) is 17.9 Å². The van der Waals surface area contributed by atoms with Gasteiger partial charge >= 0.3 is 0 Å². The molecule has 154 valence electrons. The molecule has 1 fully saturated rings. The molecule has 1 saturated carbocycles. The first-order chi connectivity index (χ1) is 12.4. The van der Waals surface area contributed by atoms with E-state index in [1.807, 2.05) is 6.20 Å². The summed E-state index contributed by atoms with van der Waals surface area (Å²) >= 11 is 1.73. The van der Waals surface area contributed by atoms with Crippen LogP contribution < -0.4 is 10.6 Å². The minimum absolute atomic E-state index is 0. The van der Waals surface area contributed by atoms with Crippen molar-refractivity contribution in [2.24, 2.45) is 10.9 Å². The molecule has 3 unspecified atom stereocenters. The van der Waals surface area contributed by atoms with Gasteiger partial charge in [-0.3, -0.25) is 4.79 Å². The predicted molar refractivity (Wildman–Crippen MR) is 124 cm³/mol. The Labute approximate surface area is 184 Å². The number of nitrogens with one attached hydrogen (secondary N) is 2. The number of nitrogens with zero attached hydrogens (tertiary/aromatic N) is 3. The highest BCUT2D eigenvalue weighted by molar-refractivity contribution is 14.0. The van der Waals surface area contributed by atoms with Gasteiger partial charge in [-0.2, -0.15) is 0 Å². The summed E-state index contributed by atoms with van der Waals surface area (Å²) < 4.78 is 0. The first kappa shape index (κ1) is 24.1. The third-order valence-electron chi connectivity index (χ3n) is 4.94. The number of aryl methyl sites for hydroxylation is 1. The lowest BCUT2D eigenvalue weighted by Gasteiger charge is -2.31. The van der Waals surface area contributed by atoms with Crippen molar-refractivity contribution in [3.8, 4) is 0 Å². The summed E-state index contributed by atoms with van der Waals surface area (Å²) in [6.45, 7) is 7.44. The first-order valence-electron chi connectivity index (χ1n) is 9.54. The number of halogens is 1. The van der Waals surface area contributed by atoms with Gasteiger partial charge in [0.2, 0.25) is 5.91 Å². The van der Waals surface area contributed by atoms with Crippen LogP contribution in [-0.4, -0.2) is 55.0 Å². The molecule has 1 amide bonds. The number of carbonyl (C=O) groups is 1. The minimum Gasteiger partial charge on any atom is -0.356 e. The Balaban J connectivity index is 0.00000364. The van der Waals surface area contributed by atoms with Gasteiger partial charge in [0, 0.05) is 43.7 Å². The van der Waals surface area contributed by atoms with Crippen LogP contribution in [0.3, 0.4) is 0 Å². The fraction of sp³-hybridized carbons (Fsp3) is 0.737. The summed E-state index contributed by atoms with van der Waals surface area (Å²) in [5.41, 5.74) is 0. The highest BCUT2D eigenvalue weighted by atomic mass is 127. The second kappa shape index (κ2) is 11.8. The van der Waals surface area contributed by atoms with E-state index < -0.39 is 0 Å². The van der Waals surface area contributed by atoms with Crippen molar-refractivity contribution >= 4 is 47.2 Å². The van der Waals surface area contributed by atoms with Crippen LogP contribution in [0.25, 0.3) is 0 Å². The van der Waals surface area contributed by atoms with Crippen LogP contribution in [0.4, 0.5) is 0 Å². The van der Waals surface area contributed by atoms with Crippen molar-refractivity contribution in [1.29, 1.82) is 0 Å². The maximum Gasteiger partial charge on any atom is 0.243 e. The van der Waals surface area contributed by atoms with Crippen LogP contribution in [0.1, 0.15) is 55.3 Å². The topological polar surface area (TPSA) is 69.6 Å². The van der Waals surface area contributed by atoms with E-state index >= 15 is 0 Å². The Morgan fingerprint density at radius 2 is 2.11 bits per heavy atom. The quantitative estimate of drug-likeness (QED) is 0.352. The number of carbonyl (C=O) groups excluding carboxylic acids is 1. The van der Waals surface area contributed by atoms with E-state index in [1.165, 1.54) is 24.1 Å². The van der Waals surface area contributed by atoms with Gasteiger partial charge in [-0.05, 0) is 25.7 Å². The van der Waals surface area contributed by atoms with Crippen molar-refractivity contribution < 1.29 is 4.79 Å². The summed E-state index contributed by atoms with van der Waals surface area (Å²) in [6, 6.07) is 0.418. The molecule has 2 rings (SSSR count). The van der Waals surface area contributed by atoms with Crippen molar-refractivity contribution in [3.05, 3.63) is 16.1 Å². The molecule has 2 N–H and O–H groups in total. The van der Waals surface area contributed by atoms with Crippen molar-refractivity contribution in [2.75, 3.05) is 27.2 Å². The molecular weight excluding hydrogens is 473 g/mol. The molecular formula is C19H34IN5OS. The van der Waals surface area contributed by atoms with Gasteiger partial charge in [0.25, 0.3) is 0 Å². The molecule has 0 aromatic carbocycles. The van der Waals surface area contributed by atoms with Gasteiger partial charge in [-0.25, -0.2) is 9.98 Å². The molecule has 0 radical (unpaired) electrons. The van der Waals surface area contributed by atoms with Gasteiger partial charge in [0.1, 0.15) is 6.54 Å². The SMILES string of the molecule is Cc1cnc(C(C)CNC(=NCC(=O)N(C)C)NC2CCCCC2C)s1.I. The Kier molecular flexibility index (Phi) is 10.6. The van der Waals surface area contributed by atoms with Crippen LogP contribution in [0.5, 0.6) is 0 Å². The van der Waals surface area contributed by atoms with Gasteiger partial charge in [-0.15, -0.1) is 35.3 Å². The summed E-state index contributed by atoms with van der Waals surface area (Å²) in [4.78, 5) is 23.7. The summed E-state index contributed by atoms with van der Waals surface area (Å²) in [5, 5.41) is 8.12. The molecule has 1 aromatic heterocycles. The monoisotopic (exact) mass is 507 g/mol. The zero-order chi connectivity index (χ0) is 19.1. The lowest BCUT2D eigenvalue weighted by atomic mass is 9.86. The third-order valence-corrected chi connectivity index (χ3v) is 6.09. The standard InChI is InChI=1S/C19H33N5OS.HI/c1-13-8-6-7-9-16(13)23-19(22-12-17(25)24(4)5)21-10-14(2)18-20-11-15(3)26-18;/h11,13-14,16H,6-10,12H2,1-5H3,(H2,21,22,23);1H. The number of likely N-dealkylation sites (N-methyl/N-ethyl adjacent to an activating group) is 1. The maximum absolute atomic E-state index is 11.9. The highest BCUT2D eigenvalue weighted by Gasteiger charge is 2.22. The van der Waals surface area contributed by atoms with Crippen LogP contribution in [0.15, 0.2) is 11.2 Å². The molecule has 0 spiro atoms. The number of guanidine groups is 1. The molecule has 27 heavy (non-hydrogen) atoms. The Hall–Kier alpha value is -0.900. The second-order valence-electron chi connectivity index (χ2n) is 7.56. The fourth-order valence-electron chi connectivity index (χ4n) is 3.08. The number of amides is 1. The molecule has 0 saturated heterocycles. The summed E-state index contributed by atoms with van der Waals surface area (Å²) in [5.74, 6) is 1.67. The number of hydrogen-bond acceptors (Lipinski definition) is 4. The zero-order valence-corrected chi connectivity index (χ0v) is 20.3. The second-order valence-corrected chi connectivity index (χ2v) is 8.82. The van der Waals surface area contributed by atoms with E-state index in [0.717, 1.165) is 23.9 Å². The molecule has 1 aromatic rings. The van der Waals surface area contributed by atoms with Crippen molar-refractivity contribution in [3.63, 3.8) is 0 Å². The fourth-order valence-corrected chi connectivity index (χ4v) is 3.91. The predicted octanol–water partition coefficient (Wildman–Crippen LogP) is 3.38. The summed E-state index contributed by atoms with van der Waals surface area (Å²) in [6.07, 6.45) is 6.88. The van der Waals surface area contributed by atoms with E-state index in [2.05, 4.69) is 41.4 Å². The molecule has 1 aliphatic rings. The Morgan fingerprint density at radius 1 is 1.41 bits per heavy atom. The van der Waals surface area contributed by atoms with Gasteiger partial charge in [0.15, 0.2) is 5.96 Å². The molecule has 0 bridgehead atoms. The normalized spacial score (nSPS) is 21.1. The van der Waals surface area contributed by atoms with Gasteiger partial charge < -0.3 is 15.5 Å². The van der Waals surface area contributed by atoms with E-state index in [9.17, 15) is 4.79 Å². The van der Waals surface area contributed by atoms with E-state index in [4.69, 9.17) is 0 Å². The Bertz CT molecular complexity index is 619. The van der Waals surface area contributed by atoms with Crippen LogP contribution in [0.2, 0.25) is 0 Å². The average Bonchev–Trinajstić information content (AvgIpc) is 3.04. The molecule has 8 heteroatoms. The number of hydrogen-bond donors (Lipinski definition) is 2.